The summed E-state index contributed by atoms with van der Waals surface area (Å²) in [5.41, 5.74) is -0.452. The van der Waals surface area contributed by atoms with Crippen molar-refractivity contribution >= 4 is 17.5 Å². The van der Waals surface area contributed by atoms with Crippen molar-refractivity contribution < 1.29 is 31.9 Å². The lowest BCUT2D eigenvalue weighted by atomic mass is 10.2. The van der Waals surface area contributed by atoms with Crippen molar-refractivity contribution in [2.75, 3.05) is 11.9 Å². The Bertz CT molecular complexity index is 1000. The van der Waals surface area contributed by atoms with E-state index in [1.165, 1.54) is 42.7 Å². The molecule has 3 aromatic rings. The summed E-state index contributed by atoms with van der Waals surface area (Å²) in [6.07, 6.45) is -2.99. The molecule has 30 heavy (non-hydrogen) atoms. The van der Waals surface area contributed by atoms with Gasteiger partial charge in [0, 0.05) is 11.3 Å². The largest absolute Gasteiger partial charge is 0.484 e. The summed E-state index contributed by atoms with van der Waals surface area (Å²) < 4.78 is 48.6. The van der Waals surface area contributed by atoms with Gasteiger partial charge in [-0.1, -0.05) is 6.07 Å². The van der Waals surface area contributed by atoms with Crippen LogP contribution in [0.4, 0.5) is 18.9 Å². The molecule has 0 aliphatic carbocycles. The average molecular weight is 418 g/mol. The van der Waals surface area contributed by atoms with Crippen molar-refractivity contribution in [1.82, 2.24) is 5.32 Å². The standard InChI is InChI=1S/C21H17F3N2O4/c22-21(23,24)15-3-1-4-16(11-15)26-19(27)13-30-17-8-6-14(7-9-17)20(28)25-12-18-5-2-10-29-18/h1-11H,12-13H2,(H,25,28)(H,26,27). The Morgan fingerprint density at radius 3 is 2.43 bits per heavy atom. The van der Waals surface area contributed by atoms with Crippen LogP contribution in [0.5, 0.6) is 5.75 Å². The summed E-state index contributed by atoms with van der Waals surface area (Å²) in [6, 6.07) is 13.8. The van der Waals surface area contributed by atoms with Gasteiger partial charge in [0.2, 0.25) is 0 Å². The van der Waals surface area contributed by atoms with Gasteiger partial charge in [-0.15, -0.1) is 0 Å². The second-order valence-corrected chi connectivity index (χ2v) is 6.20. The molecule has 0 saturated heterocycles. The van der Waals surface area contributed by atoms with Gasteiger partial charge >= 0.3 is 6.18 Å². The van der Waals surface area contributed by atoms with Crippen molar-refractivity contribution in [2.45, 2.75) is 12.7 Å². The summed E-state index contributed by atoms with van der Waals surface area (Å²) >= 11 is 0. The summed E-state index contributed by atoms with van der Waals surface area (Å²) in [6.45, 7) is -0.153. The lowest BCUT2D eigenvalue weighted by molar-refractivity contribution is -0.137. The average Bonchev–Trinajstić information content (AvgIpc) is 3.24. The third kappa shape index (κ3) is 5.87. The first-order valence-corrected chi connectivity index (χ1v) is 8.82. The molecule has 0 aliphatic rings. The highest BCUT2D eigenvalue weighted by Crippen LogP contribution is 2.30. The molecule has 0 aliphatic heterocycles. The molecule has 1 aromatic heterocycles. The number of anilines is 1. The van der Waals surface area contributed by atoms with Gasteiger partial charge in [0.25, 0.3) is 11.8 Å². The molecule has 2 aromatic carbocycles. The maximum atomic E-state index is 12.7. The number of amides is 2. The number of rotatable bonds is 7. The number of halogens is 3. The topological polar surface area (TPSA) is 80.6 Å². The van der Waals surface area contributed by atoms with Crippen LogP contribution in [0, 0.1) is 0 Å². The number of alkyl halides is 3. The molecule has 0 saturated carbocycles. The molecule has 6 nitrogen and oxygen atoms in total. The van der Waals surface area contributed by atoms with Crippen LogP contribution in [0.25, 0.3) is 0 Å². The van der Waals surface area contributed by atoms with E-state index in [9.17, 15) is 22.8 Å². The molecule has 0 radical (unpaired) electrons. The van der Waals surface area contributed by atoms with Crippen molar-refractivity contribution in [1.29, 1.82) is 0 Å². The number of carbonyl (C=O) groups is 2. The fourth-order valence-corrected chi connectivity index (χ4v) is 2.50. The van der Waals surface area contributed by atoms with E-state index < -0.39 is 24.3 Å². The van der Waals surface area contributed by atoms with Crippen molar-refractivity contribution in [3.8, 4) is 5.75 Å². The van der Waals surface area contributed by atoms with Gasteiger partial charge in [-0.3, -0.25) is 9.59 Å². The van der Waals surface area contributed by atoms with Gasteiger partial charge in [-0.25, -0.2) is 0 Å². The molecule has 0 bridgehead atoms. The molecule has 2 N–H and O–H groups in total. The highest BCUT2D eigenvalue weighted by atomic mass is 19.4. The third-order valence-electron chi connectivity index (χ3n) is 3.96. The number of benzene rings is 2. The number of hydrogen-bond acceptors (Lipinski definition) is 4. The minimum absolute atomic E-state index is 0.0157. The van der Waals surface area contributed by atoms with Crippen LogP contribution in [0.2, 0.25) is 0 Å². The number of ether oxygens (including phenoxy) is 1. The SMILES string of the molecule is O=C(COc1ccc(C(=O)NCc2ccco2)cc1)Nc1cccc(C(F)(F)F)c1. The third-order valence-corrected chi connectivity index (χ3v) is 3.96. The fourth-order valence-electron chi connectivity index (χ4n) is 2.50. The van der Waals surface area contributed by atoms with E-state index in [-0.39, 0.29) is 18.1 Å². The van der Waals surface area contributed by atoms with E-state index in [1.54, 1.807) is 12.1 Å². The molecule has 9 heteroatoms. The summed E-state index contributed by atoms with van der Waals surface area (Å²) in [5.74, 6) is 0.0293. The first-order chi connectivity index (χ1) is 14.3. The first kappa shape index (κ1) is 21.0. The van der Waals surface area contributed by atoms with E-state index in [2.05, 4.69) is 10.6 Å². The second kappa shape index (κ2) is 9.17. The fraction of sp³-hybridized carbons (Fsp3) is 0.143. The quantitative estimate of drug-likeness (QED) is 0.601. The molecule has 2 amide bonds. The highest BCUT2D eigenvalue weighted by Gasteiger charge is 2.30. The van der Waals surface area contributed by atoms with Gasteiger partial charge in [0.1, 0.15) is 11.5 Å². The van der Waals surface area contributed by atoms with Crippen LogP contribution in [0.15, 0.2) is 71.3 Å². The molecule has 3 rings (SSSR count). The molecule has 0 fully saturated rings. The zero-order valence-electron chi connectivity index (χ0n) is 15.5. The Morgan fingerprint density at radius 2 is 1.77 bits per heavy atom. The predicted molar refractivity (Wildman–Crippen MR) is 102 cm³/mol. The van der Waals surface area contributed by atoms with Gasteiger partial charge in [0.15, 0.2) is 6.61 Å². The van der Waals surface area contributed by atoms with Crippen LogP contribution >= 0.6 is 0 Å². The number of nitrogens with one attached hydrogen (secondary N) is 2. The van der Waals surface area contributed by atoms with E-state index in [4.69, 9.17) is 9.15 Å². The molecule has 0 spiro atoms. The Labute approximate surface area is 169 Å². The Morgan fingerprint density at radius 1 is 1.00 bits per heavy atom. The maximum Gasteiger partial charge on any atom is 0.416 e. The van der Waals surface area contributed by atoms with Crippen molar-refractivity contribution in [2.24, 2.45) is 0 Å². The first-order valence-electron chi connectivity index (χ1n) is 8.82. The van der Waals surface area contributed by atoms with Crippen LogP contribution in [0.1, 0.15) is 21.7 Å². The Balaban J connectivity index is 1.48. The van der Waals surface area contributed by atoms with Gasteiger partial charge in [-0.05, 0) is 54.6 Å². The van der Waals surface area contributed by atoms with Crippen LogP contribution < -0.4 is 15.4 Å². The minimum atomic E-state index is -4.50. The molecule has 156 valence electrons. The number of carbonyl (C=O) groups excluding carboxylic acids is 2. The lowest BCUT2D eigenvalue weighted by Gasteiger charge is -2.11. The van der Waals surface area contributed by atoms with Crippen LogP contribution in [-0.2, 0) is 17.5 Å². The molecule has 1 heterocycles. The summed E-state index contributed by atoms with van der Waals surface area (Å²) in [7, 11) is 0. The van der Waals surface area contributed by atoms with Crippen LogP contribution in [0.3, 0.4) is 0 Å². The zero-order chi connectivity index (χ0) is 21.6. The lowest BCUT2D eigenvalue weighted by Crippen LogP contribution is -2.22. The van der Waals surface area contributed by atoms with E-state index in [1.807, 2.05) is 0 Å². The Hall–Kier alpha value is -3.75. The van der Waals surface area contributed by atoms with E-state index in [0.717, 1.165) is 12.1 Å². The van der Waals surface area contributed by atoms with Gasteiger partial charge in [-0.2, -0.15) is 13.2 Å². The van der Waals surface area contributed by atoms with Gasteiger partial charge in [0.05, 0.1) is 18.4 Å². The second-order valence-electron chi connectivity index (χ2n) is 6.20. The number of hydrogen-bond donors (Lipinski definition) is 2. The predicted octanol–water partition coefficient (Wildman–Crippen LogP) is 4.25. The monoisotopic (exact) mass is 418 g/mol. The van der Waals surface area contributed by atoms with E-state index in [0.29, 0.717) is 17.1 Å². The summed E-state index contributed by atoms with van der Waals surface area (Å²) in [5, 5.41) is 5.04. The van der Waals surface area contributed by atoms with Crippen molar-refractivity contribution in [3.63, 3.8) is 0 Å². The molecular weight excluding hydrogens is 401 g/mol. The normalized spacial score (nSPS) is 11.0. The molecule has 0 atom stereocenters. The molecule has 0 unspecified atom stereocenters. The molecular formula is C21H17F3N2O4. The summed E-state index contributed by atoms with van der Waals surface area (Å²) in [4.78, 5) is 24.0. The van der Waals surface area contributed by atoms with Crippen molar-refractivity contribution in [3.05, 3.63) is 83.8 Å². The van der Waals surface area contributed by atoms with E-state index >= 15 is 0 Å². The Kier molecular flexibility index (Phi) is 6.41. The smallest absolute Gasteiger partial charge is 0.416 e. The number of furan rings is 1. The minimum Gasteiger partial charge on any atom is -0.484 e. The highest BCUT2D eigenvalue weighted by molar-refractivity contribution is 5.94. The maximum absolute atomic E-state index is 12.7. The van der Waals surface area contributed by atoms with Gasteiger partial charge < -0.3 is 19.8 Å². The van der Waals surface area contributed by atoms with Crippen LogP contribution in [-0.4, -0.2) is 18.4 Å². The zero-order valence-corrected chi connectivity index (χ0v) is 15.5.